The van der Waals surface area contributed by atoms with E-state index in [9.17, 15) is 9.59 Å². The van der Waals surface area contributed by atoms with Crippen molar-refractivity contribution in [2.75, 3.05) is 26.7 Å². The Morgan fingerprint density at radius 3 is 2.93 bits per heavy atom. The molecule has 1 atom stereocenters. The number of hydrogen-bond acceptors (Lipinski definition) is 4. The highest BCUT2D eigenvalue weighted by atomic mass is 16.5. The van der Waals surface area contributed by atoms with Crippen LogP contribution in [0.25, 0.3) is 0 Å². The number of esters is 1. The van der Waals surface area contributed by atoms with E-state index < -0.39 is 5.92 Å². The lowest BCUT2D eigenvalue weighted by atomic mass is 9.97. The second-order valence-electron chi connectivity index (χ2n) is 3.99. The molecule has 1 saturated heterocycles. The average Bonchev–Trinajstić information content (AvgIpc) is 2.18. The number of nitrogens with zero attached hydrogens (tertiary/aromatic N) is 1. The summed E-state index contributed by atoms with van der Waals surface area (Å²) in [5.74, 6) is -0.911. The van der Waals surface area contributed by atoms with Crippen LogP contribution in [0.4, 0.5) is 0 Å². The molecule has 1 aliphatic rings. The quantitative estimate of drug-likeness (QED) is 0.504. The predicted molar refractivity (Wildman–Crippen MR) is 56.5 cm³/mol. The molecule has 0 spiro atoms. The van der Waals surface area contributed by atoms with Crippen molar-refractivity contribution in [1.29, 1.82) is 0 Å². The number of carbonyl (C=O) groups is 2. The van der Waals surface area contributed by atoms with E-state index in [4.69, 9.17) is 4.74 Å². The third-order valence-corrected chi connectivity index (χ3v) is 2.67. The normalized spacial score (nSPS) is 24.4. The molecule has 1 fully saturated rings. The number of likely N-dealkylation sites (tertiary alicyclic amines) is 1. The lowest BCUT2D eigenvalue weighted by Crippen LogP contribution is -2.38. The smallest absolute Gasteiger partial charge is 0.317 e. The maximum Gasteiger partial charge on any atom is 0.317 e. The van der Waals surface area contributed by atoms with Crippen LogP contribution in [0.1, 0.15) is 26.2 Å². The molecule has 86 valence electrons. The van der Waals surface area contributed by atoms with Crippen molar-refractivity contribution in [2.45, 2.75) is 26.2 Å². The molecular formula is C11H19NO3. The van der Waals surface area contributed by atoms with Gasteiger partial charge >= 0.3 is 5.97 Å². The first-order valence-electron chi connectivity index (χ1n) is 5.53. The zero-order chi connectivity index (χ0) is 11.3. The average molecular weight is 213 g/mol. The van der Waals surface area contributed by atoms with E-state index in [0.717, 1.165) is 19.4 Å². The first kappa shape index (κ1) is 12.2. The number of carbonyl (C=O) groups excluding carboxylic acids is 2. The lowest BCUT2D eigenvalue weighted by molar-refractivity contribution is -0.152. The van der Waals surface area contributed by atoms with Crippen LogP contribution < -0.4 is 0 Å². The maximum atomic E-state index is 11.7. The van der Waals surface area contributed by atoms with E-state index in [2.05, 4.69) is 0 Å². The van der Waals surface area contributed by atoms with Crippen molar-refractivity contribution in [3.05, 3.63) is 0 Å². The zero-order valence-electron chi connectivity index (χ0n) is 9.49. The zero-order valence-corrected chi connectivity index (χ0v) is 9.49. The van der Waals surface area contributed by atoms with E-state index in [1.165, 1.54) is 0 Å². The molecule has 0 aliphatic carbocycles. The van der Waals surface area contributed by atoms with Crippen molar-refractivity contribution < 1.29 is 14.3 Å². The van der Waals surface area contributed by atoms with Gasteiger partial charge in [-0.15, -0.1) is 0 Å². The molecule has 0 aromatic rings. The second-order valence-corrected chi connectivity index (χ2v) is 3.99. The van der Waals surface area contributed by atoms with Crippen LogP contribution in [-0.4, -0.2) is 43.4 Å². The van der Waals surface area contributed by atoms with Crippen LogP contribution in [0.2, 0.25) is 0 Å². The van der Waals surface area contributed by atoms with Crippen LogP contribution in [0, 0.1) is 5.92 Å². The van der Waals surface area contributed by atoms with Gasteiger partial charge in [-0.3, -0.25) is 9.59 Å². The summed E-state index contributed by atoms with van der Waals surface area (Å²) in [5.41, 5.74) is 0. The van der Waals surface area contributed by atoms with Crippen molar-refractivity contribution in [3.8, 4) is 0 Å². The van der Waals surface area contributed by atoms with Gasteiger partial charge < -0.3 is 9.64 Å². The van der Waals surface area contributed by atoms with E-state index in [-0.39, 0.29) is 11.8 Å². The van der Waals surface area contributed by atoms with Gasteiger partial charge in [0.1, 0.15) is 11.7 Å². The standard InChI is InChI=1S/C11H19NO3/c1-3-15-11(14)9-8-12(2)7-5-4-6-10(9)13/h9H,3-8H2,1-2H3. The summed E-state index contributed by atoms with van der Waals surface area (Å²) >= 11 is 0. The molecule has 1 rings (SSSR count). The highest BCUT2D eigenvalue weighted by molar-refractivity contribution is 5.99. The highest BCUT2D eigenvalue weighted by Gasteiger charge is 2.29. The fourth-order valence-corrected chi connectivity index (χ4v) is 1.81. The predicted octanol–water partition coefficient (Wildman–Crippen LogP) is 0.850. The van der Waals surface area contributed by atoms with E-state index >= 15 is 0 Å². The van der Waals surface area contributed by atoms with Gasteiger partial charge in [0.15, 0.2) is 0 Å². The number of ketones is 1. The summed E-state index contributed by atoms with van der Waals surface area (Å²) < 4.78 is 4.91. The van der Waals surface area contributed by atoms with Crippen LogP contribution in [-0.2, 0) is 14.3 Å². The van der Waals surface area contributed by atoms with Crippen LogP contribution in [0.5, 0.6) is 0 Å². The minimum Gasteiger partial charge on any atom is -0.465 e. The van der Waals surface area contributed by atoms with Gasteiger partial charge in [0.25, 0.3) is 0 Å². The van der Waals surface area contributed by atoms with Crippen LogP contribution >= 0.6 is 0 Å². The summed E-state index contributed by atoms with van der Waals surface area (Å²) in [4.78, 5) is 25.3. The summed E-state index contributed by atoms with van der Waals surface area (Å²) in [6.07, 6.45) is 2.41. The molecule has 4 nitrogen and oxygen atoms in total. The Hall–Kier alpha value is -0.900. The molecule has 15 heavy (non-hydrogen) atoms. The lowest BCUT2D eigenvalue weighted by Gasteiger charge is -2.24. The number of Topliss-reactive ketones (excluding diaryl/α,β-unsaturated/α-hetero) is 1. The first-order valence-corrected chi connectivity index (χ1v) is 5.53. The molecule has 0 bridgehead atoms. The molecule has 0 aromatic carbocycles. The summed E-state index contributed by atoms with van der Waals surface area (Å²) in [7, 11) is 1.94. The fraction of sp³-hybridized carbons (Fsp3) is 0.818. The molecular weight excluding hydrogens is 194 g/mol. The Morgan fingerprint density at radius 1 is 1.53 bits per heavy atom. The molecule has 1 heterocycles. The summed E-state index contributed by atoms with van der Waals surface area (Å²) in [6.45, 7) is 3.54. The van der Waals surface area contributed by atoms with Gasteiger partial charge in [-0.25, -0.2) is 0 Å². The monoisotopic (exact) mass is 213 g/mol. The van der Waals surface area contributed by atoms with Gasteiger partial charge in [0, 0.05) is 13.0 Å². The van der Waals surface area contributed by atoms with Crippen molar-refractivity contribution in [1.82, 2.24) is 4.90 Å². The number of ether oxygens (including phenoxy) is 1. The molecule has 0 radical (unpaired) electrons. The topological polar surface area (TPSA) is 46.6 Å². The summed E-state index contributed by atoms with van der Waals surface area (Å²) in [5, 5.41) is 0. The van der Waals surface area contributed by atoms with E-state index in [1.807, 2.05) is 11.9 Å². The van der Waals surface area contributed by atoms with Gasteiger partial charge in [-0.05, 0) is 33.4 Å². The van der Waals surface area contributed by atoms with E-state index in [1.54, 1.807) is 6.92 Å². The Labute approximate surface area is 90.6 Å². The summed E-state index contributed by atoms with van der Waals surface area (Å²) in [6, 6.07) is 0. The number of rotatable bonds is 2. The SMILES string of the molecule is CCOC(=O)C1CN(C)CCCCC1=O. The van der Waals surface area contributed by atoms with Gasteiger partial charge in [-0.2, -0.15) is 0 Å². The molecule has 1 aliphatic heterocycles. The van der Waals surface area contributed by atoms with Crippen molar-refractivity contribution >= 4 is 11.8 Å². The van der Waals surface area contributed by atoms with Gasteiger partial charge in [0.2, 0.25) is 0 Å². The molecule has 0 N–H and O–H groups in total. The third-order valence-electron chi connectivity index (χ3n) is 2.67. The minimum atomic E-state index is -0.574. The highest BCUT2D eigenvalue weighted by Crippen LogP contribution is 2.13. The Balaban J connectivity index is 2.63. The van der Waals surface area contributed by atoms with Crippen LogP contribution in [0.15, 0.2) is 0 Å². The third kappa shape index (κ3) is 3.63. The van der Waals surface area contributed by atoms with Gasteiger partial charge in [0.05, 0.1) is 6.61 Å². The maximum absolute atomic E-state index is 11.7. The number of hydrogen-bond donors (Lipinski definition) is 0. The Kier molecular flexibility index (Phi) is 4.75. The molecule has 1 unspecified atom stereocenters. The second kappa shape index (κ2) is 5.85. The molecule has 0 amide bonds. The largest absolute Gasteiger partial charge is 0.465 e. The van der Waals surface area contributed by atoms with Crippen molar-refractivity contribution in [2.24, 2.45) is 5.92 Å². The molecule has 4 heteroatoms. The Morgan fingerprint density at radius 2 is 2.27 bits per heavy atom. The van der Waals surface area contributed by atoms with Crippen molar-refractivity contribution in [3.63, 3.8) is 0 Å². The van der Waals surface area contributed by atoms with Crippen LogP contribution in [0.3, 0.4) is 0 Å². The minimum absolute atomic E-state index is 0.0278. The fourth-order valence-electron chi connectivity index (χ4n) is 1.81. The first-order chi connectivity index (χ1) is 7.15. The molecule has 0 aromatic heterocycles. The Bertz CT molecular complexity index is 232. The molecule has 0 saturated carbocycles. The van der Waals surface area contributed by atoms with Gasteiger partial charge in [-0.1, -0.05) is 0 Å². The van der Waals surface area contributed by atoms with E-state index in [0.29, 0.717) is 19.6 Å².